The predicted molar refractivity (Wildman–Crippen MR) is 107 cm³/mol. The van der Waals surface area contributed by atoms with Crippen LogP contribution in [0.2, 0.25) is 0 Å². The van der Waals surface area contributed by atoms with E-state index in [1.54, 1.807) is 50.2 Å². The highest BCUT2D eigenvalue weighted by Crippen LogP contribution is 2.33. The summed E-state index contributed by atoms with van der Waals surface area (Å²) in [7, 11) is 0. The van der Waals surface area contributed by atoms with Gasteiger partial charge in [-0.05, 0) is 50.2 Å². The molecule has 9 heteroatoms. The minimum atomic E-state index is -0.570. The van der Waals surface area contributed by atoms with Crippen LogP contribution in [0.25, 0.3) is 22.6 Å². The molecule has 0 saturated heterocycles. The maximum absolute atomic E-state index is 13.1. The first-order valence-corrected chi connectivity index (χ1v) is 9.23. The highest BCUT2D eigenvalue weighted by molar-refractivity contribution is 6.13. The summed E-state index contributed by atoms with van der Waals surface area (Å²) in [6.07, 6.45) is 0.955. The van der Waals surface area contributed by atoms with E-state index in [2.05, 4.69) is 20.8 Å². The van der Waals surface area contributed by atoms with Gasteiger partial charge in [0.05, 0.1) is 28.6 Å². The molecule has 30 heavy (non-hydrogen) atoms. The Morgan fingerprint density at radius 2 is 2.10 bits per heavy atom. The quantitative estimate of drug-likeness (QED) is 0.533. The predicted octanol–water partition coefficient (Wildman–Crippen LogP) is 3.76. The molecule has 0 spiro atoms. The van der Waals surface area contributed by atoms with Crippen molar-refractivity contribution in [2.75, 3.05) is 10.6 Å². The second kappa shape index (κ2) is 6.73. The molecule has 0 aliphatic carbocycles. The molecule has 150 valence electrons. The number of fused-ring (bicyclic) bond motifs is 2. The van der Waals surface area contributed by atoms with Gasteiger partial charge in [-0.2, -0.15) is 0 Å². The number of rotatable bonds is 3. The van der Waals surface area contributed by atoms with Crippen molar-refractivity contribution >= 4 is 34.3 Å². The van der Waals surface area contributed by atoms with Crippen LogP contribution in [0.4, 0.5) is 11.4 Å². The van der Waals surface area contributed by atoms with E-state index in [4.69, 9.17) is 13.7 Å². The molecule has 1 aromatic carbocycles. The zero-order valence-electron chi connectivity index (χ0n) is 16.1. The molecule has 0 radical (unpaired) electrons. The van der Waals surface area contributed by atoms with E-state index in [0.29, 0.717) is 45.2 Å². The molecule has 4 heterocycles. The Labute approximate surface area is 170 Å². The number of nitrogens with zero attached hydrogens (tertiary/aromatic N) is 2. The van der Waals surface area contributed by atoms with Crippen LogP contribution in [0.1, 0.15) is 23.0 Å². The summed E-state index contributed by atoms with van der Waals surface area (Å²) in [5.74, 6) is 0.423. The van der Waals surface area contributed by atoms with Gasteiger partial charge in [0.1, 0.15) is 11.4 Å². The normalized spacial score (nSPS) is 15.4. The molecule has 0 saturated carbocycles. The highest BCUT2D eigenvalue weighted by atomic mass is 16.5. The fourth-order valence-corrected chi connectivity index (χ4v) is 3.31. The molecule has 2 N–H and O–H groups in total. The zero-order chi connectivity index (χ0) is 20.8. The van der Waals surface area contributed by atoms with Gasteiger partial charge < -0.3 is 24.3 Å². The van der Waals surface area contributed by atoms with E-state index in [-0.39, 0.29) is 17.5 Å². The number of amides is 2. The van der Waals surface area contributed by atoms with Gasteiger partial charge >= 0.3 is 0 Å². The van der Waals surface area contributed by atoms with E-state index in [1.165, 1.54) is 6.26 Å². The fourth-order valence-electron chi connectivity index (χ4n) is 3.31. The Hall–Kier alpha value is -4.14. The Bertz CT molecular complexity index is 1290. The van der Waals surface area contributed by atoms with Crippen LogP contribution < -0.4 is 15.4 Å². The van der Waals surface area contributed by atoms with E-state index in [1.807, 2.05) is 0 Å². The van der Waals surface area contributed by atoms with Crippen molar-refractivity contribution in [2.45, 2.75) is 20.0 Å². The van der Waals surface area contributed by atoms with Crippen molar-refractivity contribution in [1.82, 2.24) is 10.1 Å². The second-order valence-electron chi connectivity index (χ2n) is 6.89. The average molecular weight is 404 g/mol. The van der Waals surface area contributed by atoms with Gasteiger partial charge in [-0.25, -0.2) is 4.98 Å². The lowest BCUT2D eigenvalue weighted by atomic mass is 10.1. The van der Waals surface area contributed by atoms with E-state index < -0.39 is 6.10 Å². The van der Waals surface area contributed by atoms with Gasteiger partial charge in [0, 0.05) is 5.69 Å². The molecule has 0 bridgehead atoms. The third-order valence-electron chi connectivity index (χ3n) is 4.80. The number of hydrogen-bond acceptors (Lipinski definition) is 7. The molecule has 2 amide bonds. The summed E-state index contributed by atoms with van der Waals surface area (Å²) in [5.41, 5.74) is 2.58. The summed E-state index contributed by atoms with van der Waals surface area (Å²) in [4.78, 5) is 29.4. The van der Waals surface area contributed by atoms with Gasteiger partial charge in [0.2, 0.25) is 0 Å². The van der Waals surface area contributed by atoms with Gasteiger partial charge in [0.25, 0.3) is 17.5 Å². The summed E-state index contributed by atoms with van der Waals surface area (Å²) in [6.45, 7) is 3.41. The molecule has 1 aliphatic heterocycles. The zero-order valence-corrected chi connectivity index (χ0v) is 16.1. The Kier molecular flexibility index (Phi) is 4.02. The van der Waals surface area contributed by atoms with Crippen molar-refractivity contribution in [1.29, 1.82) is 0 Å². The number of carbonyl (C=O) groups is 2. The van der Waals surface area contributed by atoms with Gasteiger partial charge in [-0.1, -0.05) is 5.16 Å². The standard InChI is InChI=1S/C21H16N4O5/c1-10-18-13(9-15(16-4-3-7-28-16)24-21(18)30-25-10)20(27)22-12-5-6-17-14(8-12)23-19(26)11(2)29-17/h3-9,11H,1-2H3,(H,22,27)(H,23,26). The van der Waals surface area contributed by atoms with Crippen molar-refractivity contribution in [3.8, 4) is 17.2 Å². The maximum Gasteiger partial charge on any atom is 0.265 e. The lowest BCUT2D eigenvalue weighted by molar-refractivity contribution is -0.122. The molecule has 5 rings (SSSR count). The molecular formula is C21H16N4O5. The highest BCUT2D eigenvalue weighted by Gasteiger charge is 2.24. The lowest BCUT2D eigenvalue weighted by Gasteiger charge is -2.23. The molecule has 1 atom stereocenters. The van der Waals surface area contributed by atoms with Crippen LogP contribution in [0.3, 0.4) is 0 Å². The maximum atomic E-state index is 13.1. The van der Waals surface area contributed by atoms with E-state index in [0.717, 1.165) is 0 Å². The Morgan fingerprint density at radius 1 is 1.23 bits per heavy atom. The van der Waals surface area contributed by atoms with Crippen LogP contribution in [-0.4, -0.2) is 28.1 Å². The first kappa shape index (κ1) is 17.9. The first-order chi connectivity index (χ1) is 14.5. The van der Waals surface area contributed by atoms with Crippen LogP contribution in [0, 0.1) is 6.92 Å². The first-order valence-electron chi connectivity index (χ1n) is 9.23. The smallest absolute Gasteiger partial charge is 0.265 e. The monoisotopic (exact) mass is 404 g/mol. The van der Waals surface area contributed by atoms with Crippen molar-refractivity contribution in [3.63, 3.8) is 0 Å². The minimum Gasteiger partial charge on any atom is -0.479 e. The number of carbonyl (C=O) groups excluding carboxylic acids is 2. The number of furan rings is 1. The summed E-state index contributed by atoms with van der Waals surface area (Å²) >= 11 is 0. The topological polar surface area (TPSA) is 119 Å². The number of nitrogens with one attached hydrogen (secondary N) is 2. The van der Waals surface area contributed by atoms with E-state index >= 15 is 0 Å². The van der Waals surface area contributed by atoms with Crippen LogP contribution in [-0.2, 0) is 4.79 Å². The number of benzene rings is 1. The molecule has 3 aromatic heterocycles. The van der Waals surface area contributed by atoms with Crippen molar-refractivity contribution < 1.29 is 23.3 Å². The number of ether oxygens (including phenoxy) is 1. The summed E-state index contributed by atoms with van der Waals surface area (Å²) in [6, 6.07) is 10.1. The summed E-state index contributed by atoms with van der Waals surface area (Å²) in [5, 5.41) is 10.1. The van der Waals surface area contributed by atoms with Crippen molar-refractivity contribution in [2.24, 2.45) is 0 Å². The van der Waals surface area contributed by atoms with Crippen LogP contribution in [0.5, 0.6) is 5.75 Å². The van der Waals surface area contributed by atoms with Crippen LogP contribution >= 0.6 is 0 Å². The van der Waals surface area contributed by atoms with Gasteiger partial charge in [-0.15, -0.1) is 0 Å². The molecular weight excluding hydrogens is 388 g/mol. The second-order valence-corrected chi connectivity index (χ2v) is 6.89. The molecule has 1 aliphatic rings. The average Bonchev–Trinajstić information content (AvgIpc) is 3.39. The third-order valence-corrected chi connectivity index (χ3v) is 4.80. The Morgan fingerprint density at radius 3 is 2.90 bits per heavy atom. The van der Waals surface area contributed by atoms with Gasteiger partial charge in [-0.3, -0.25) is 9.59 Å². The number of pyridine rings is 1. The molecule has 9 nitrogen and oxygen atoms in total. The lowest BCUT2D eigenvalue weighted by Crippen LogP contribution is -2.34. The SMILES string of the molecule is Cc1noc2nc(-c3ccco3)cc(C(=O)Nc3ccc4c(c3)NC(=O)C(C)O4)c12. The number of aromatic nitrogens is 2. The molecule has 0 fully saturated rings. The number of anilines is 2. The third kappa shape index (κ3) is 2.96. The fraction of sp³-hybridized carbons (Fsp3) is 0.143. The summed E-state index contributed by atoms with van der Waals surface area (Å²) < 4.78 is 16.2. The molecule has 4 aromatic rings. The van der Waals surface area contributed by atoms with Crippen LogP contribution in [0.15, 0.2) is 51.6 Å². The number of aryl methyl sites for hydroxylation is 1. The van der Waals surface area contributed by atoms with E-state index in [9.17, 15) is 9.59 Å². The van der Waals surface area contributed by atoms with Crippen molar-refractivity contribution in [3.05, 3.63) is 53.9 Å². The number of hydrogen-bond donors (Lipinski definition) is 2. The Balaban J connectivity index is 1.52. The molecule has 1 unspecified atom stereocenters. The largest absolute Gasteiger partial charge is 0.479 e. The minimum absolute atomic E-state index is 0.242. The van der Waals surface area contributed by atoms with Gasteiger partial charge in [0.15, 0.2) is 11.9 Å².